The van der Waals surface area contributed by atoms with Gasteiger partial charge >= 0.3 is 0 Å². The second-order valence-electron chi connectivity index (χ2n) is 6.64. The first-order chi connectivity index (χ1) is 13.0. The summed E-state index contributed by atoms with van der Waals surface area (Å²) in [6.45, 7) is 6.62. The van der Waals surface area contributed by atoms with E-state index in [9.17, 15) is 5.11 Å². The first-order valence-electron chi connectivity index (χ1n) is 9.42. The Morgan fingerprint density at radius 3 is 2.68 bits per heavy atom. The normalized spacial score (nSPS) is 18.6. The van der Waals surface area contributed by atoms with Crippen molar-refractivity contribution in [1.29, 1.82) is 0 Å². The summed E-state index contributed by atoms with van der Waals surface area (Å²) in [5.41, 5.74) is 0.661. The molecule has 1 aliphatic heterocycles. The predicted octanol–water partition coefficient (Wildman–Crippen LogP) is 3.31. The Morgan fingerprint density at radius 2 is 2.04 bits per heavy atom. The van der Waals surface area contributed by atoms with E-state index in [1.165, 1.54) is 12.8 Å². The number of aliphatic imine (C=N–C) groups is 1. The summed E-state index contributed by atoms with van der Waals surface area (Å²) < 4.78 is 5.20. The summed E-state index contributed by atoms with van der Waals surface area (Å²) in [5.74, 6) is 0.697. The van der Waals surface area contributed by atoms with Crippen LogP contribution in [-0.2, 0) is 4.74 Å². The van der Waals surface area contributed by atoms with E-state index < -0.39 is 6.10 Å². The molecule has 0 saturated carbocycles. The number of nitrogens with zero attached hydrogens (tertiary/aromatic N) is 2. The van der Waals surface area contributed by atoms with Gasteiger partial charge in [0.1, 0.15) is 0 Å². The van der Waals surface area contributed by atoms with Crippen LogP contribution in [0.4, 0.5) is 0 Å². The fraction of sp³-hybridized carbons (Fsp3) is 0.632. The third-order valence-corrected chi connectivity index (χ3v) is 5.06. The van der Waals surface area contributed by atoms with Crippen LogP contribution >= 0.6 is 47.2 Å². The largest absolute Gasteiger partial charge is 0.386 e. The molecule has 1 heterocycles. The van der Waals surface area contributed by atoms with Crippen LogP contribution in [-0.4, -0.2) is 68.4 Å². The zero-order chi connectivity index (χ0) is 19.6. The minimum atomic E-state index is -0.763. The molecule has 28 heavy (non-hydrogen) atoms. The van der Waals surface area contributed by atoms with Crippen LogP contribution in [0.2, 0.25) is 10.0 Å². The Hall–Kier alpha value is -0.320. The second-order valence-corrected chi connectivity index (χ2v) is 7.52. The molecule has 2 rings (SSSR count). The number of hydrogen-bond donors (Lipinski definition) is 3. The molecule has 0 spiro atoms. The summed E-state index contributed by atoms with van der Waals surface area (Å²) in [7, 11) is 1.73. The van der Waals surface area contributed by atoms with Crippen molar-refractivity contribution in [3.63, 3.8) is 0 Å². The van der Waals surface area contributed by atoms with E-state index in [-0.39, 0.29) is 30.5 Å². The van der Waals surface area contributed by atoms with Crippen molar-refractivity contribution < 1.29 is 9.84 Å². The molecule has 1 fully saturated rings. The topological polar surface area (TPSA) is 69.1 Å². The molecule has 0 amide bonds. The Labute approximate surface area is 195 Å². The van der Waals surface area contributed by atoms with E-state index >= 15 is 0 Å². The highest BCUT2D eigenvalue weighted by atomic mass is 127. The van der Waals surface area contributed by atoms with Gasteiger partial charge in [-0.15, -0.1) is 24.0 Å². The summed E-state index contributed by atoms with van der Waals surface area (Å²) in [6.07, 6.45) is 1.61. The molecule has 0 radical (unpaired) electrons. The van der Waals surface area contributed by atoms with Gasteiger partial charge in [-0.25, -0.2) is 0 Å². The maximum atomic E-state index is 10.4. The van der Waals surface area contributed by atoms with Gasteiger partial charge in [0, 0.05) is 42.8 Å². The van der Waals surface area contributed by atoms with Gasteiger partial charge in [-0.2, -0.15) is 0 Å². The summed E-state index contributed by atoms with van der Waals surface area (Å²) in [4.78, 5) is 6.96. The maximum Gasteiger partial charge on any atom is 0.191 e. The van der Waals surface area contributed by atoms with Crippen LogP contribution in [0.1, 0.15) is 31.4 Å². The molecular formula is C19H31Cl2IN4O2. The van der Waals surface area contributed by atoms with Crippen molar-refractivity contribution in [3.8, 4) is 0 Å². The number of halogens is 3. The maximum absolute atomic E-state index is 10.4. The summed E-state index contributed by atoms with van der Waals surface area (Å²) >= 11 is 12.0. The number of hydrogen-bond acceptors (Lipinski definition) is 4. The van der Waals surface area contributed by atoms with Crippen LogP contribution in [0.5, 0.6) is 0 Å². The summed E-state index contributed by atoms with van der Waals surface area (Å²) in [6, 6.07) is 5.53. The van der Waals surface area contributed by atoms with Gasteiger partial charge in [0.15, 0.2) is 5.96 Å². The van der Waals surface area contributed by atoms with Crippen LogP contribution in [0.25, 0.3) is 0 Å². The number of aliphatic hydroxyl groups is 1. The van der Waals surface area contributed by atoms with E-state index in [4.69, 9.17) is 27.9 Å². The van der Waals surface area contributed by atoms with Crippen LogP contribution in [0.3, 0.4) is 0 Å². The van der Waals surface area contributed by atoms with Gasteiger partial charge < -0.3 is 20.5 Å². The van der Waals surface area contributed by atoms with Crippen molar-refractivity contribution in [3.05, 3.63) is 33.8 Å². The van der Waals surface area contributed by atoms with Crippen LogP contribution in [0.15, 0.2) is 23.2 Å². The standard InChI is InChI=1S/C19H30Cl2N4O2.HI/c1-3-22-19(23-12-17-5-4-6-25(17)7-8-27-2)24-13-18(26)14-9-15(20)11-16(21)10-14;/h9-11,17-18,26H,3-8,12-13H2,1-2H3,(H2,22,23,24);1H. The van der Waals surface area contributed by atoms with Gasteiger partial charge in [-0.3, -0.25) is 9.89 Å². The van der Waals surface area contributed by atoms with Crippen LogP contribution in [0, 0.1) is 0 Å². The molecule has 6 nitrogen and oxygen atoms in total. The molecule has 0 bridgehead atoms. The number of nitrogens with one attached hydrogen (secondary N) is 2. The van der Waals surface area contributed by atoms with Crippen molar-refractivity contribution in [2.45, 2.75) is 31.9 Å². The van der Waals surface area contributed by atoms with E-state index in [1.54, 1.807) is 25.3 Å². The molecule has 1 saturated heterocycles. The number of benzene rings is 1. The van der Waals surface area contributed by atoms with E-state index in [0.29, 0.717) is 27.6 Å². The van der Waals surface area contributed by atoms with Crippen LogP contribution < -0.4 is 10.6 Å². The zero-order valence-electron chi connectivity index (χ0n) is 16.5. The number of aliphatic hydroxyl groups excluding tert-OH is 1. The molecule has 3 N–H and O–H groups in total. The lowest BCUT2D eigenvalue weighted by atomic mass is 10.1. The lowest BCUT2D eigenvalue weighted by molar-refractivity contribution is 0.141. The monoisotopic (exact) mass is 544 g/mol. The third kappa shape index (κ3) is 8.59. The number of methoxy groups -OCH3 is 1. The Morgan fingerprint density at radius 1 is 1.32 bits per heavy atom. The zero-order valence-corrected chi connectivity index (χ0v) is 20.3. The molecule has 0 aromatic heterocycles. The van der Waals surface area contributed by atoms with Crippen molar-refractivity contribution in [1.82, 2.24) is 15.5 Å². The van der Waals surface area contributed by atoms with E-state index in [0.717, 1.165) is 32.8 Å². The average Bonchev–Trinajstić information content (AvgIpc) is 3.08. The highest BCUT2D eigenvalue weighted by molar-refractivity contribution is 14.0. The molecule has 1 aliphatic rings. The molecule has 1 aromatic rings. The molecule has 2 atom stereocenters. The lowest BCUT2D eigenvalue weighted by Gasteiger charge is -2.25. The Kier molecular flexibility index (Phi) is 12.7. The highest BCUT2D eigenvalue weighted by Crippen LogP contribution is 2.23. The molecule has 9 heteroatoms. The molecule has 2 unspecified atom stereocenters. The minimum absolute atomic E-state index is 0. The SMILES string of the molecule is CCNC(=NCC(O)c1cc(Cl)cc(Cl)c1)NCC1CCCN1CCOC.I. The van der Waals surface area contributed by atoms with E-state index in [1.807, 2.05) is 6.92 Å². The quantitative estimate of drug-likeness (QED) is 0.253. The fourth-order valence-corrected chi connectivity index (χ4v) is 3.78. The van der Waals surface area contributed by atoms with Gasteiger partial charge in [0.05, 0.1) is 19.3 Å². The average molecular weight is 545 g/mol. The second kappa shape index (κ2) is 13.8. The van der Waals surface area contributed by atoms with Crippen molar-refractivity contribution >= 4 is 53.1 Å². The smallest absolute Gasteiger partial charge is 0.191 e. The molecule has 160 valence electrons. The Bertz CT molecular complexity index is 601. The minimum Gasteiger partial charge on any atom is -0.386 e. The number of guanidine groups is 1. The molecular weight excluding hydrogens is 514 g/mol. The summed E-state index contributed by atoms with van der Waals surface area (Å²) in [5, 5.41) is 18.0. The Balaban J connectivity index is 0.00000392. The molecule has 0 aliphatic carbocycles. The van der Waals surface area contributed by atoms with E-state index in [2.05, 4.69) is 20.5 Å². The van der Waals surface area contributed by atoms with Gasteiger partial charge in [-0.1, -0.05) is 23.2 Å². The first-order valence-corrected chi connectivity index (χ1v) is 10.2. The number of rotatable bonds is 9. The number of ether oxygens (including phenoxy) is 1. The molecule has 1 aromatic carbocycles. The highest BCUT2D eigenvalue weighted by Gasteiger charge is 2.24. The predicted molar refractivity (Wildman–Crippen MR) is 127 cm³/mol. The van der Waals surface area contributed by atoms with Gasteiger partial charge in [-0.05, 0) is 50.1 Å². The lowest BCUT2D eigenvalue weighted by Crippen LogP contribution is -2.45. The van der Waals surface area contributed by atoms with Gasteiger partial charge in [0.2, 0.25) is 0 Å². The third-order valence-electron chi connectivity index (χ3n) is 4.62. The van der Waals surface area contributed by atoms with Gasteiger partial charge in [0.25, 0.3) is 0 Å². The van der Waals surface area contributed by atoms with Crippen molar-refractivity contribution in [2.24, 2.45) is 4.99 Å². The number of likely N-dealkylation sites (tertiary alicyclic amines) is 1. The first kappa shape index (κ1) is 25.7. The van der Waals surface area contributed by atoms with Crippen molar-refractivity contribution in [2.75, 3.05) is 46.4 Å². The fourth-order valence-electron chi connectivity index (χ4n) is 3.24.